The van der Waals surface area contributed by atoms with Crippen LogP contribution < -0.4 is 10.5 Å². The van der Waals surface area contributed by atoms with Crippen molar-refractivity contribution in [1.82, 2.24) is 0 Å². The van der Waals surface area contributed by atoms with Crippen LogP contribution in [-0.2, 0) is 0 Å². The fraction of sp³-hybridized carbons (Fsp3) is 0. The Morgan fingerprint density at radius 3 is 2.50 bits per heavy atom. The Kier molecular flexibility index (Phi) is 2.15. The molecule has 0 atom stereocenters. The van der Waals surface area contributed by atoms with Crippen LogP contribution in [0.15, 0.2) is 21.3 Å². The summed E-state index contributed by atoms with van der Waals surface area (Å²) in [5.41, 5.74) is 5.83. The SMILES string of the molecule is Nc1ccc(Br)[n+]([O-])c1Br. The van der Waals surface area contributed by atoms with Gasteiger partial charge in [0.05, 0.1) is 0 Å². The van der Waals surface area contributed by atoms with Gasteiger partial charge in [0.15, 0.2) is 0 Å². The molecule has 0 aliphatic carbocycles. The molecule has 0 bridgehead atoms. The van der Waals surface area contributed by atoms with Crippen LogP contribution in [0.4, 0.5) is 5.69 Å². The lowest BCUT2D eigenvalue weighted by molar-refractivity contribution is -0.628. The number of hydrogen-bond donors (Lipinski definition) is 1. The van der Waals surface area contributed by atoms with E-state index in [1.165, 1.54) is 0 Å². The van der Waals surface area contributed by atoms with Crippen LogP contribution in [0, 0.1) is 5.21 Å². The topological polar surface area (TPSA) is 53.0 Å². The summed E-state index contributed by atoms with van der Waals surface area (Å²) in [7, 11) is 0. The first-order chi connectivity index (χ1) is 4.63. The lowest BCUT2D eigenvalue weighted by Gasteiger charge is -2.01. The second-order valence-electron chi connectivity index (χ2n) is 1.70. The predicted molar refractivity (Wildman–Crippen MR) is 45.2 cm³/mol. The van der Waals surface area contributed by atoms with Gasteiger partial charge in [-0.05, 0) is 6.07 Å². The third kappa shape index (κ3) is 1.24. The molecule has 0 spiro atoms. The first kappa shape index (κ1) is 7.81. The molecule has 0 saturated carbocycles. The number of rotatable bonds is 0. The highest BCUT2D eigenvalue weighted by Crippen LogP contribution is 2.16. The Bertz CT molecular complexity index is 237. The summed E-state index contributed by atoms with van der Waals surface area (Å²) < 4.78 is 1.44. The van der Waals surface area contributed by atoms with Crippen molar-refractivity contribution in [3.63, 3.8) is 0 Å². The number of hydrogen-bond acceptors (Lipinski definition) is 2. The number of anilines is 1. The van der Waals surface area contributed by atoms with Gasteiger partial charge in [-0.15, -0.1) is 0 Å². The zero-order chi connectivity index (χ0) is 7.72. The Labute approximate surface area is 74.7 Å². The summed E-state index contributed by atoms with van der Waals surface area (Å²) in [4.78, 5) is 0. The molecular formula is C5H4Br2N2O. The van der Waals surface area contributed by atoms with Crippen molar-refractivity contribution in [1.29, 1.82) is 0 Å². The van der Waals surface area contributed by atoms with Gasteiger partial charge in [0.2, 0.25) is 0 Å². The van der Waals surface area contributed by atoms with Gasteiger partial charge >= 0.3 is 0 Å². The highest BCUT2D eigenvalue weighted by Gasteiger charge is 2.08. The third-order valence-corrected chi connectivity index (χ3v) is 2.38. The average Bonchev–Trinajstić information content (AvgIpc) is 1.93. The van der Waals surface area contributed by atoms with E-state index in [-0.39, 0.29) is 0 Å². The van der Waals surface area contributed by atoms with Crippen LogP contribution >= 0.6 is 31.9 Å². The highest BCUT2D eigenvalue weighted by atomic mass is 79.9. The van der Waals surface area contributed by atoms with Crippen molar-refractivity contribution >= 4 is 37.5 Å². The molecule has 1 aromatic heterocycles. The summed E-state index contributed by atoms with van der Waals surface area (Å²) in [6, 6.07) is 3.23. The first-order valence-corrected chi connectivity index (χ1v) is 4.04. The van der Waals surface area contributed by atoms with E-state index in [4.69, 9.17) is 5.73 Å². The molecule has 0 aliphatic rings. The van der Waals surface area contributed by atoms with Gasteiger partial charge in [-0.25, -0.2) is 0 Å². The standard InChI is InChI=1S/C5H4Br2N2O/c6-4-2-1-3(8)5(7)9(4)10/h1-2H,8H2. The molecule has 2 N–H and O–H groups in total. The molecule has 0 aromatic carbocycles. The van der Waals surface area contributed by atoms with E-state index in [1.54, 1.807) is 12.1 Å². The number of pyridine rings is 1. The maximum atomic E-state index is 10.9. The van der Waals surface area contributed by atoms with Crippen LogP contribution in [0.1, 0.15) is 0 Å². The molecule has 0 aliphatic heterocycles. The normalized spacial score (nSPS) is 9.80. The van der Waals surface area contributed by atoms with Crippen molar-refractivity contribution in [3.8, 4) is 0 Å². The van der Waals surface area contributed by atoms with Crippen molar-refractivity contribution in [3.05, 3.63) is 26.5 Å². The van der Waals surface area contributed by atoms with Gasteiger partial charge in [-0.2, -0.15) is 4.73 Å². The average molecular weight is 268 g/mol. The van der Waals surface area contributed by atoms with E-state index in [2.05, 4.69) is 31.9 Å². The molecule has 1 rings (SSSR count). The molecule has 0 saturated heterocycles. The molecule has 54 valence electrons. The van der Waals surface area contributed by atoms with Gasteiger partial charge in [0.25, 0.3) is 9.21 Å². The lowest BCUT2D eigenvalue weighted by Crippen LogP contribution is -2.30. The van der Waals surface area contributed by atoms with Crippen LogP contribution in [0.25, 0.3) is 0 Å². The molecule has 5 heteroatoms. The van der Waals surface area contributed by atoms with Crippen molar-refractivity contribution in [2.24, 2.45) is 0 Å². The van der Waals surface area contributed by atoms with E-state index in [1.807, 2.05) is 0 Å². The molecule has 0 amide bonds. The molecule has 0 fully saturated rings. The highest BCUT2D eigenvalue weighted by molar-refractivity contribution is 9.11. The number of aromatic nitrogens is 1. The Balaban J connectivity index is 3.34. The maximum Gasteiger partial charge on any atom is 0.283 e. The molecule has 1 heterocycles. The maximum absolute atomic E-state index is 10.9. The fourth-order valence-electron chi connectivity index (χ4n) is 0.506. The molecular weight excluding hydrogens is 264 g/mol. The number of nitrogen functional groups attached to an aromatic ring is 1. The van der Waals surface area contributed by atoms with Gasteiger partial charge in [0, 0.05) is 37.9 Å². The Hall–Kier alpha value is -0.290. The van der Waals surface area contributed by atoms with Crippen LogP contribution in [-0.4, -0.2) is 0 Å². The Morgan fingerprint density at radius 1 is 1.40 bits per heavy atom. The second kappa shape index (κ2) is 2.75. The minimum absolute atomic E-state index is 0.335. The van der Waals surface area contributed by atoms with Crippen LogP contribution in [0.2, 0.25) is 0 Å². The second-order valence-corrected chi connectivity index (χ2v) is 3.26. The number of nitrogens with zero attached hydrogens (tertiary/aromatic N) is 1. The molecule has 0 radical (unpaired) electrons. The summed E-state index contributed by atoms with van der Waals surface area (Å²) in [5, 5.41) is 10.9. The molecule has 0 unspecified atom stereocenters. The summed E-state index contributed by atoms with van der Waals surface area (Å²) in [6.07, 6.45) is 0. The smallest absolute Gasteiger partial charge is 0.283 e. The Morgan fingerprint density at radius 2 is 2.00 bits per heavy atom. The molecule has 1 aromatic rings. The van der Waals surface area contributed by atoms with Gasteiger partial charge in [-0.3, -0.25) is 0 Å². The zero-order valence-corrected chi connectivity index (χ0v) is 8.02. The van der Waals surface area contributed by atoms with Crippen molar-refractivity contribution in [2.75, 3.05) is 5.73 Å². The van der Waals surface area contributed by atoms with Crippen LogP contribution in [0.5, 0.6) is 0 Å². The lowest BCUT2D eigenvalue weighted by atomic mass is 10.4. The summed E-state index contributed by atoms with van der Waals surface area (Å²) >= 11 is 6.07. The van der Waals surface area contributed by atoms with E-state index in [0.29, 0.717) is 19.6 Å². The quantitative estimate of drug-likeness (QED) is 0.439. The van der Waals surface area contributed by atoms with Gasteiger partial charge in [-0.1, -0.05) is 0 Å². The van der Waals surface area contributed by atoms with Crippen molar-refractivity contribution in [2.45, 2.75) is 0 Å². The molecule has 10 heavy (non-hydrogen) atoms. The van der Waals surface area contributed by atoms with Crippen LogP contribution in [0.3, 0.4) is 0 Å². The molecule has 3 nitrogen and oxygen atoms in total. The summed E-state index contributed by atoms with van der Waals surface area (Å²) in [6.45, 7) is 0. The van der Waals surface area contributed by atoms with E-state index < -0.39 is 0 Å². The largest absolute Gasteiger partial charge is 0.617 e. The van der Waals surface area contributed by atoms with E-state index >= 15 is 0 Å². The monoisotopic (exact) mass is 266 g/mol. The fourth-order valence-corrected chi connectivity index (χ4v) is 1.38. The van der Waals surface area contributed by atoms with Gasteiger partial charge in [0.1, 0.15) is 5.69 Å². The zero-order valence-electron chi connectivity index (χ0n) is 4.84. The number of halogens is 2. The van der Waals surface area contributed by atoms with Gasteiger partial charge < -0.3 is 10.9 Å². The van der Waals surface area contributed by atoms with E-state index in [0.717, 1.165) is 0 Å². The van der Waals surface area contributed by atoms with Crippen molar-refractivity contribution < 1.29 is 4.73 Å². The summed E-state index contributed by atoms with van der Waals surface area (Å²) in [5.74, 6) is 0. The predicted octanol–water partition coefficient (Wildman–Crippen LogP) is 1.43. The minimum atomic E-state index is 0.335. The third-order valence-electron chi connectivity index (χ3n) is 1.01. The van der Waals surface area contributed by atoms with E-state index in [9.17, 15) is 5.21 Å². The number of nitrogens with two attached hydrogens (primary N) is 1. The first-order valence-electron chi connectivity index (χ1n) is 2.46. The minimum Gasteiger partial charge on any atom is -0.617 e.